The van der Waals surface area contributed by atoms with Crippen LogP contribution < -0.4 is 0 Å². The number of carbonyl (C=O) groups is 1. The Hall–Kier alpha value is -2.45. The number of pyridine rings is 1. The van der Waals surface area contributed by atoms with Crippen LogP contribution in [-0.4, -0.2) is 10.8 Å². The topological polar surface area (TPSA) is 30.0 Å². The number of benzene rings is 2. The monoisotopic (exact) mass is 319 g/mol. The molecule has 3 heteroatoms. The number of hydrogen-bond acceptors (Lipinski definition) is 2. The minimum Gasteiger partial charge on any atom is -0.287 e. The van der Waals surface area contributed by atoms with Crippen LogP contribution >= 0.6 is 11.6 Å². The summed E-state index contributed by atoms with van der Waals surface area (Å²) in [6.07, 6.45) is 5.98. The van der Waals surface area contributed by atoms with Crippen molar-refractivity contribution in [3.63, 3.8) is 0 Å². The van der Waals surface area contributed by atoms with Crippen LogP contribution in [0.3, 0.4) is 0 Å². The van der Waals surface area contributed by atoms with Crippen molar-refractivity contribution >= 4 is 34.4 Å². The van der Waals surface area contributed by atoms with E-state index in [0.29, 0.717) is 16.3 Å². The maximum Gasteiger partial charge on any atom is 0.211 e. The van der Waals surface area contributed by atoms with Gasteiger partial charge in [-0.1, -0.05) is 54.1 Å². The maximum atomic E-state index is 12.9. The molecule has 0 radical (unpaired) electrons. The molecule has 1 aliphatic rings. The van der Waals surface area contributed by atoms with E-state index in [4.69, 9.17) is 11.6 Å². The van der Waals surface area contributed by atoms with Crippen molar-refractivity contribution in [1.82, 2.24) is 4.98 Å². The molecule has 112 valence electrons. The van der Waals surface area contributed by atoms with Crippen LogP contribution in [-0.2, 0) is 6.42 Å². The molecule has 0 N–H and O–H groups in total. The average Bonchev–Trinajstić information content (AvgIpc) is 2.61. The fourth-order valence-corrected chi connectivity index (χ4v) is 3.26. The highest BCUT2D eigenvalue weighted by atomic mass is 35.5. The second-order valence-corrected chi connectivity index (χ2v) is 6.09. The average molecular weight is 320 g/mol. The van der Waals surface area contributed by atoms with Crippen molar-refractivity contribution in [2.75, 3.05) is 0 Å². The van der Waals surface area contributed by atoms with Gasteiger partial charge in [0.1, 0.15) is 5.69 Å². The Morgan fingerprint density at radius 1 is 1.09 bits per heavy atom. The van der Waals surface area contributed by atoms with E-state index in [1.165, 1.54) is 0 Å². The first-order valence-corrected chi connectivity index (χ1v) is 8.00. The highest BCUT2D eigenvalue weighted by Gasteiger charge is 2.21. The summed E-state index contributed by atoms with van der Waals surface area (Å²) in [6, 6.07) is 14.9. The molecule has 4 rings (SSSR count). The van der Waals surface area contributed by atoms with Gasteiger partial charge in [0.05, 0.1) is 5.52 Å². The molecular weight excluding hydrogens is 306 g/mol. The number of nitrogens with zero attached hydrogens (tertiary/aromatic N) is 1. The second-order valence-electron chi connectivity index (χ2n) is 5.65. The summed E-state index contributed by atoms with van der Waals surface area (Å²) in [6.45, 7) is 0. The zero-order valence-corrected chi connectivity index (χ0v) is 13.2. The van der Waals surface area contributed by atoms with E-state index in [2.05, 4.69) is 17.1 Å². The summed E-state index contributed by atoms with van der Waals surface area (Å²) in [5.41, 5.74) is 4.13. The zero-order chi connectivity index (χ0) is 15.8. The number of rotatable bonds is 2. The highest BCUT2D eigenvalue weighted by molar-refractivity contribution is 6.31. The number of aromatic nitrogens is 1. The van der Waals surface area contributed by atoms with Crippen molar-refractivity contribution in [2.45, 2.75) is 12.8 Å². The lowest BCUT2D eigenvalue weighted by molar-refractivity contribution is 0.103. The predicted octanol–water partition coefficient (Wildman–Crippen LogP) is 5.08. The van der Waals surface area contributed by atoms with Gasteiger partial charge in [-0.25, -0.2) is 4.98 Å². The van der Waals surface area contributed by atoms with Gasteiger partial charge in [0.2, 0.25) is 5.78 Å². The summed E-state index contributed by atoms with van der Waals surface area (Å²) in [5.74, 6) is -0.0194. The summed E-state index contributed by atoms with van der Waals surface area (Å²) in [4.78, 5) is 17.6. The number of carbonyl (C=O) groups excluding carboxylic acids is 1. The van der Waals surface area contributed by atoms with Gasteiger partial charge in [-0.15, -0.1) is 0 Å². The molecule has 3 aromatic rings. The SMILES string of the molecule is O=C(c1ccccc1)c1nc2ccc(Cl)cc2c2c1CCC=C2. The third-order valence-electron chi connectivity index (χ3n) is 4.19. The lowest BCUT2D eigenvalue weighted by atomic mass is 9.90. The number of allylic oxidation sites excluding steroid dienone is 1. The molecule has 1 heterocycles. The van der Waals surface area contributed by atoms with Gasteiger partial charge in [-0.3, -0.25) is 4.79 Å². The second kappa shape index (κ2) is 5.64. The largest absolute Gasteiger partial charge is 0.287 e. The van der Waals surface area contributed by atoms with E-state index in [1.54, 1.807) is 0 Å². The van der Waals surface area contributed by atoms with Gasteiger partial charge in [-0.05, 0) is 42.2 Å². The van der Waals surface area contributed by atoms with E-state index < -0.39 is 0 Å². The first kappa shape index (κ1) is 14.2. The fourth-order valence-electron chi connectivity index (χ4n) is 3.09. The Kier molecular flexibility index (Phi) is 3.47. The van der Waals surface area contributed by atoms with Gasteiger partial charge < -0.3 is 0 Å². The molecule has 23 heavy (non-hydrogen) atoms. The third-order valence-corrected chi connectivity index (χ3v) is 4.42. The third kappa shape index (κ3) is 2.45. The molecule has 0 spiro atoms. The first-order chi connectivity index (χ1) is 11.2. The molecule has 0 saturated heterocycles. The van der Waals surface area contributed by atoms with Gasteiger partial charge in [0.15, 0.2) is 0 Å². The first-order valence-electron chi connectivity index (χ1n) is 7.62. The molecule has 0 saturated carbocycles. The molecule has 1 aromatic heterocycles. The normalized spacial score (nSPS) is 13.1. The number of fused-ring (bicyclic) bond motifs is 3. The van der Waals surface area contributed by atoms with E-state index >= 15 is 0 Å². The zero-order valence-electron chi connectivity index (χ0n) is 12.4. The minimum atomic E-state index is -0.0194. The Labute approximate surface area is 139 Å². The lowest BCUT2D eigenvalue weighted by Gasteiger charge is -2.17. The standard InChI is InChI=1S/C20H14ClNO/c21-14-10-11-18-17(12-14)15-8-4-5-9-16(15)19(22-18)20(23)13-6-2-1-3-7-13/h1-4,6-8,10-12H,5,9H2. The van der Waals surface area contributed by atoms with Gasteiger partial charge in [0.25, 0.3) is 0 Å². The van der Waals surface area contributed by atoms with Crippen LogP contribution in [0.5, 0.6) is 0 Å². The van der Waals surface area contributed by atoms with Gasteiger partial charge in [-0.2, -0.15) is 0 Å². The molecule has 2 nitrogen and oxygen atoms in total. The molecule has 1 aliphatic carbocycles. The molecule has 0 atom stereocenters. The number of hydrogen-bond donors (Lipinski definition) is 0. The predicted molar refractivity (Wildman–Crippen MR) is 94.0 cm³/mol. The van der Waals surface area contributed by atoms with E-state index in [0.717, 1.165) is 34.9 Å². The summed E-state index contributed by atoms with van der Waals surface area (Å²) >= 11 is 6.14. The molecule has 0 amide bonds. The van der Waals surface area contributed by atoms with Crippen LogP contribution in [0.25, 0.3) is 17.0 Å². The Bertz CT molecular complexity index is 945. The lowest BCUT2D eigenvalue weighted by Crippen LogP contribution is -2.12. The van der Waals surface area contributed by atoms with Crippen molar-refractivity contribution < 1.29 is 4.79 Å². The molecule has 0 aliphatic heterocycles. The van der Waals surface area contributed by atoms with Crippen molar-refractivity contribution in [3.05, 3.63) is 82.0 Å². The highest BCUT2D eigenvalue weighted by Crippen LogP contribution is 2.31. The fraction of sp³-hybridized carbons (Fsp3) is 0.100. The molecule has 0 bridgehead atoms. The van der Waals surface area contributed by atoms with Crippen LogP contribution in [0.4, 0.5) is 0 Å². The number of halogens is 1. The van der Waals surface area contributed by atoms with Crippen molar-refractivity contribution in [2.24, 2.45) is 0 Å². The Morgan fingerprint density at radius 3 is 2.74 bits per heavy atom. The van der Waals surface area contributed by atoms with E-state index in [-0.39, 0.29) is 5.78 Å². The van der Waals surface area contributed by atoms with Crippen LogP contribution in [0.1, 0.15) is 33.6 Å². The minimum absolute atomic E-state index is 0.0194. The van der Waals surface area contributed by atoms with Gasteiger partial charge in [0, 0.05) is 16.0 Å². The van der Waals surface area contributed by atoms with E-state index in [1.807, 2.05) is 48.5 Å². The van der Waals surface area contributed by atoms with Crippen LogP contribution in [0, 0.1) is 0 Å². The van der Waals surface area contributed by atoms with Gasteiger partial charge >= 0.3 is 0 Å². The van der Waals surface area contributed by atoms with Crippen LogP contribution in [0.2, 0.25) is 5.02 Å². The Balaban J connectivity index is 1.99. The summed E-state index contributed by atoms with van der Waals surface area (Å²) in [7, 11) is 0. The van der Waals surface area contributed by atoms with Crippen molar-refractivity contribution in [3.8, 4) is 0 Å². The molecule has 2 aromatic carbocycles. The Morgan fingerprint density at radius 2 is 1.91 bits per heavy atom. The van der Waals surface area contributed by atoms with E-state index in [9.17, 15) is 4.79 Å². The molecule has 0 unspecified atom stereocenters. The number of ketones is 1. The quantitative estimate of drug-likeness (QED) is 0.617. The molecular formula is C20H14ClNO. The summed E-state index contributed by atoms with van der Waals surface area (Å²) in [5, 5.41) is 1.69. The summed E-state index contributed by atoms with van der Waals surface area (Å²) < 4.78 is 0. The maximum absolute atomic E-state index is 12.9. The smallest absolute Gasteiger partial charge is 0.211 e. The van der Waals surface area contributed by atoms with Crippen molar-refractivity contribution in [1.29, 1.82) is 0 Å². The van der Waals surface area contributed by atoms with Crippen LogP contribution in [0.15, 0.2) is 54.6 Å². The molecule has 0 fully saturated rings.